The van der Waals surface area contributed by atoms with Crippen molar-refractivity contribution in [1.82, 2.24) is 15.1 Å². The minimum absolute atomic E-state index is 0.0606. The Hall–Kier alpha value is -2.91. The SMILES string of the molecule is COc1cc(CNC(=O)CN2C(=O)CN(C)C2=O)ccc1OC(F)F. The average molecular weight is 357 g/mol. The highest BCUT2D eigenvalue weighted by Crippen LogP contribution is 2.29. The molecule has 4 amide bonds. The van der Waals surface area contributed by atoms with Crippen LogP contribution in [-0.2, 0) is 16.1 Å². The summed E-state index contributed by atoms with van der Waals surface area (Å²) in [5.41, 5.74) is 0.572. The molecule has 0 aromatic heterocycles. The fourth-order valence-corrected chi connectivity index (χ4v) is 2.24. The molecule has 1 heterocycles. The fraction of sp³-hybridized carbons (Fsp3) is 0.400. The van der Waals surface area contributed by atoms with Gasteiger partial charge in [-0.3, -0.25) is 14.5 Å². The van der Waals surface area contributed by atoms with E-state index in [1.54, 1.807) is 0 Å². The van der Waals surface area contributed by atoms with E-state index in [4.69, 9.17) is 4.74 Å². The predicted molar refractivity (Wildman–Crippen MR) is 81.2 cm³/mol. The van der Waals surface area contributed by atoms with Crippen molar-refractivity contribution >= 4 is 17.8 Å². The van der Waals surface area contributed by atoms with E-state index in [2.05, 4.69) is 10.1 Å². The zero-order valence-electron chi connectivity index (χ0n) is 13.6. The quantitative estimate of drug-likeness (QED) is 0.730. The van der Waals surface area contributed by atoms with Gasteiger partial charge in [-0.05, 0) is 17.7 Å². The van der Waals surface area contributed by atoms with Crippen molar-refractivity contribution in [3.63, 3.8) is 0 Å². The van der Waals surface area contributed by atoms with Gasteiger partial charge in [0.25, 0.3) is 5.91 Å². The van der Waals surface area contributed by atoms with Crippen molar-refractivity contribution < 1.29 is 32.6 Å². The molecule has 0 radical (unpaired) electrons. The van der Waals surface area contributed by atoms with Gasteiger partial charge in [0, 0.05) is 13.6 Å². The summed E-state index contributed by atoms with van der Waals surface area (Å²) in [7, 11) is 2.77. The molecule has 0 unspecified atom stereocenters. The third kappa shape index (κ3) is 4.55. The molecule has 8 nitrogen and oxygen atoms in total. The molecule has 10 heteroatoms. The van der Waals surface area contributed by atoms with Gasteiger partial charge < -0.3 is 19.7 Å². The van der Waals surface area contributed by atoms with E-state index in [1.165, 1.54) is 37.3 Å². The smallest absolute Gasteiger partial charge is 0.387 e. The molecule has 0 saturated carbocycles. The first-order chi connectivity index (χ1) is 11.8. The topological polar surface area (TPSA) is 88.2 Å². The van der Waals surface area contributed by atoms with Crippen LogP contribution in [0.1, 0.15) is 5.56 Å². The number of nitrogens with one attached hydrogen (secondary N) is 1. The van der Waals surface area contributed by atoms with Gasteiger partial charge in [0.15, 0.2) is 11.5 Å². The number of methoxy groups -OCH3 is 1. The Balaban J connectivity index is 1.93. The van der Waals surface area contributed by atoms with Crippen LogP contribution in [-0.4, -0.2) is 61.5 Å². The molecule has 0 bridgehead atoms. The first-order valence-corrected chi connectivity index (χ1v) is 7.25. The Labute approximate surface area is 142 Å². The number of nitrogens with zero attached hydrogens (tertiary/aromatic N) is 2. The maximum absolute atomic E-state index is 12.3. The molecule has 1 saturated heterocycles. The molecule has 0 aliphatic carbocycles. The number of ether oxygens (including phenoxy) is 2. The highest BCUT2D eigenvalue weighted by Gasteiger charge is 2.34. The number of carbonyl (C=O) groups excluding carboxylic acids is 3. The third-order valence-corrected chi connectivity index (χ3v) is 3.47. The monoisotopic (exact) mass is 357 g/mol. The van der Waals surface area contributed by atoms with Crippen LogP contribution in [0.4, 0.5) is 13.6 Å². The Morgan fingerprint density at radius 2 is 2.04 bits per heavy atom. The summed E-state index contributed by atoms with van der Waals surface area (Å²) in [5.74, 6) is -0.996. The minimum Gasteiger partial charge on any atom is -0.493 e. The Kier molecular flexibility index (Phi) is 5.73. The summed E-state index contributed by atoms with van der Waals surface area (Å²) in [6.45, 7) is -3.36. The van der Waals surface area contributed by atoms with Crippen molar-refractivity contribution in [3.8, 4) is 11.5 Å². The van der Waals surface area contributed by atoms with Crippen LogP contribution >= 0.6 is 0 Å². The second-order valence-corrected chi connectivity index (χ2v) is 5.26. The van der Waals surface area contributed by atoms with Crippen LogP contribution in [0.2, 0.25) is 0 Å². The van der Waals surface area contributed by atoms with Crippen LogP contribution in [0.15, 0.2) is 18.2 Å². The highest BCUT2D eigenvalue weighted by atomic mass is 19.3. The number of urea groups is 1. The number of halogens is 2. The minimum atomic E-state index is -2.98. The van der Waals surface area contributed by atoms with Gasteiger partial charge in [0.05, 0.1) is 7.11 Å². The van der Waals surface area contributed by atoms with Crippen LogP contribution in [0.25, 0.3) is 0 Å². The summed E-state index contributed by atoms with van der Waals surface area (Å²) in [4.78, 5) is 37.3. The van der Waals surface area contributed by atoms with Crippen molar-refractivity contribution in [1.29, 1.82) is 0 Å². The van der Waals surface area contributed by atoms with Crippen molar-refractivity contribution in [2.45, 2.75) is 13.2 Å². The number of alkyl halides is 2. The zero-order valence-corrected chi connectivity index (χ0v) is 13.6. The lowest BCUT2D eigenvalue weighted by Gasteiger charge is -2.14. The number of hydrogen-bond acceptors (Lipinski definition) is 5. The number of benzene rings is 1. The molecule has 0 atom stereocenters. The highest BCUT2D eigenvalue weighted by molar-refractivity contribution is 6.04. The van der Waals surface area contributed by atoms with Gasteiger partial charge in [0.1, 0.15) is 13.1 Å². The van der Waals surface area contributed by atoms with Gasteiger partial charge >= 0.3 is 12.6 Å². The molecule has 136 valence electrons. The second kappa shape index (κ2) is 7.77. The lowest BCUT2D eigenvalue weighted by molar-refractivity contribution is -0.130. The number of hydrogen-bond donors (Lipinski definition) is 1. The van der Waals surface area contributed by atoms with E-state index in [0.29, 0.717) is 5.56 Å². The maximum Gasteiger partial charge on any atom is 0.387 e. The lowest BCUT2D eigenvalue weighted by Crippen LogP contribution is -2.40. The summed E-state index contributed by atoms with van der Waals surface area (Å²) in [5, 5.41) is 2.55. The molecule has 1 aliphatic heterocycles. The van der Waals surface area contributed by atoms with Crippen LogP contribution in [0.5, 0.6) is 11.5 Å². The molecular weight excluding hydrogens is 340 g/mol. The van der Waals surface area contributed by atoms with Gasteiger partial charge in [-0.2, -0.15) is 8.78 Å². The normalized spacial score (nSPS) is 14.3. The summed E-state index contributed by atoms with van der Waals surface area (Å²) in [6.07, 6.45) is 0. The number of rotatable bonds is 7. The maximum atomic E-state index is 12.3. The molecule has 25 heavy (non-hydrogen) atoms. The van der Waals surface area contributed by atoms with E-state index < -0.39 is 24.5 Å². The molecule has 1 aliphatic rings. The summed E-state index contributed by atoms with van der Waals surface area (Å²) < 4.78 is 33.8. The van der Waals surface area contributed by atoms with Gasteiger partial charge in [-0.25, -0.2) is 4.79 Å². The van der Waals surface area contributed by atoms with E-state index in [0.717, 1.165) is 4.90 Å². The molecule has 1 N–H and O–H groups in total. The molecule has 1 aromatic rings. The van der Waals surface area contributed by atoms with E-state index in [9.17, 15) is 23.2 Å². The first kappa shape index (κ1) is 18.4. The predicted octanol–water partition coefficient (Wildman–Crippen LogP) is 0.807. The first-order valence-electron chi connectivity index (χ1n) is 7.25. The lowest BCUT2D eigenvalue weighted by atomic mass is 10.2. The Morgan fingerprint density at radius 3 is 2.60 bits per heavy atom. The van der Waals surface area contributed by atoms with E-state index in [1.807, 2.05) is 0 Å². The van der Waals surface area contributed by atoms with Crippen molar-refractivity contribution in [2.24, 2.45) is 0 Å². The van der Waals surface area contributed by atoms with E-state index >= 15 is 0 Å². The van der Waals surface area contributed by atoms with Gasteiger partial charge in [-0.15, -0.1) is 0 Å². The summed E-state index contributed by atoms with van der Waals surface area (Å²) >= 11 is 0. The molecular formula is C15H17F2N3O5. The standard InChI is InChI=1S/C15H17F2N3O5/c1-19-8-13(22)20(15(19)23)7-12(21)18-6-9-3-4-10(25-14(16)17)11(5-9)24-2/h3-5,14H,6-8H2,1-2H3,(H,18,21). The Bertz CT molecular complexity index is 683. The van der Waals surface area contributed by atoms with Gasteiger partial charge in [0.2, 0.25) is 5.91 Å². The number of imide groups is 1. The third-order valence-electron chi connectivity index (χ3n) is 3.47. The zero-order chi connectivity index (χ0) is 18.6. The van der Waals surface area contributed by atoms with Crippen LogP contribution in [0, 0.1) is 0 Å². The summed E-state index contributed by atoms with van der Waals surface area (Å²) in [6, 6.07) is 3.70. The van der Waals surface area contributed by atoms with Crippen LogP contribution < -0.4 is 14.8 Å². The molecule has 2 rings (SSSR count). The second-order valence-electron chi connectivity index (χ2n) is 5.26. The van der Waals surface area contributed by atoms with Crippen molar-refractivity contribution in [2.75, 3.05) is 27.2 Å². The molecule has 0 spiro atoms. The number of likely N-dealkylation sites (N-methyl/N-ethyl adjacent to an activating group) is 1. The number of amides is 4. The fourth-order valence-electron chi connectivity index (χ4n) is 2.24. The molecule has 1 fully saturated rings. The largest absolute Gasteiger partial charge is 0.493 e. The average Bonchev–Trinajstić information content (AvgIpc) is 2.79. The van der Waals surface area contributed by atoms with Gasteiger partial charge in [-0.1, -0.05) is 6.07 Å². The van der Waals surface area contributed by atoms with Crippen LogP contribution in [0.3, 0.4) is 0 Å². The number of carbonyl (C=O) groups is 3. The van der Waals surface area contributed by atoms with Crippen molar-refractivity contribution in [3.05, 3.63) is 23.8 Å². The molecule has 1 aromatic carbocycles. The van der Waals surface area contributed by atoms with E-state index in [-0.39, 0.29) is 31.1 Å². The Morgan fingerprint density at radius 1 is 1.32 bits per heavy atom.